The summed E-state index contributed by atoms with van der Waals surface area (Å²) >= 11 is 0. The van der Waals surface area contributed by atoms with Gasteiger partial charge in [0.25, 0.3) is 5.91 Å². The van der Waals surface area contributed by atoms with Gasteiger partial charge in [-0.15, -0.1) is 0 Å². The predicted molar refractivity (Wildman–Crippen MR) is 100 cm³/mol. The Labute approximate surface area is 157 Å². The monoisotopic (exact) mass is 369 g/mol. The van der Waals surface area contributed by atoms with Crippen LogP contribution in [0, 0.1) is 6.92 Å². The number of nitrogens with one attached hydrogen (secondary N) is 1. The quantitative estimate of drug-likeness (QED) is 0.822. The van der Waals surface area contributed by atoms with Crippen LogP contribution < -0.4 is 10.2 Å². The lowest BCUT2D eigenvalue weighted by molar-refractivity contribution is -0.134. The van der Waals surface area contributed by atoms with E-state index in [4.69, 9.17) is 4.42 Å². The van der Waals surface area contributed by atoms with Crippen LogP contribution in [0.25, 0.3) is 0 Å². The molecule has 1 aromatic heterocycles. The summed E-state index contributed by atoms with van der Waals surface area (Å²) in [5, 5.41) is 2.65. The highest BCUT2D eigenvalue weighted by Crippen LogP contribution is 2.30. The van der Waals surface area contributed by atoms with Crippen molar-refractivity contribution >= 4 is 23.5 Å². The molecule has 0 radical (unpaired) electrons. The molecule has 1 aliphatic heterocycles. The van der Waals surface area contributed by atoms with Crippen LogP contribution in [0.4, 0.5) is 10.5 Å². The summed E-state index contributed by atoms with van der Waals surface area (Å²) in [6.45, 7) is 6.76. The van der Waals surface area contributed by atoms with Gasteiger partial charge in [-0.1, -0.05) is 18.2 Å². The molecule has 1 unspecified atom stereocenters. The van der Waals surface area contributed by atoms with Crippen LogP contribution in [0.3, 0.4) is 0 Å². The van der Waals surface area contributed by atoms with Gasteiger partial charge in [0.1, 0.15) is 18.1 Å². The Morgan fingerprint density at radius 1 is 1.19 bits per heavy atom. The second-order valence-electron chi connectivity index (χ2n) is 7.05. The normalized spacial score (nSPS) is 19.5. The molecule has 3 rings (SSSR count). The molecule has 0 bridgehead atoms. The lowest BCUT2D eigenvalue weighted by Gasteiger charge is -2.28. The third kappa shape index (κ3) is 3.32. The number of hydrogen-bond acceptors (Lipinski definition) is 4. The van der Waals surface area contributed by atoms with Crippen LogP contribution in [-0.2, 0) is 15.1 Å². The maximum atomic E-state index is 12.9. The zero-order chi connectivity index (χ0) is 19.8. The standard InChI is InChI=1S/C20H23N3O4/c1-13(2)23(15-8-6-5-7-9-15)17(24)12-22-18(25)20(4,21-19(22)26)16-11-10-14(3)27-16/h5-11,13H,12H2,1-4H3,(H,21,26). The van der Waals surface area contributed by atoms with E-state index in [9.17, 15) is 14.4 Å². The Morgan fingerprint density at radius 2 is 1.85 bits per heavy atom. The summed E-state index contributed by atoms with van der Waals surface area (Å²) in [4.78, 5) is 40.8. The van der Waals surface area contributed by atoms with E-state index in [-0.39, 0.29) is 18.5 Å². The molecule has 2 aromatic rings. The van der Waals surface area contributed by atoms with Crippen molar-refractivity contribution in [2.45, 2.75) is 39.3 Å². The number of carbonyl (C=O) groups is 3. The van der Waals surface area contributed by atoms with Crippen LogP contribution in [0.5, 0.6) is 0 Å². The van der Waals surface area contributed by atoms with Gasteiger partial charge in [0, 0.05) is 11.7 Å². The number of nitrogens with zero attached hydrogens (tertiary/aromatic N) is 2. The fraction of sp³-hybridized carbons (Fsp3) is 0.350. The number of urea groups is 1. The van der Waals surface area contributed by atoms with E-state index < -0.39 is 17.5 Å². The van der Waals surface area contributed by atoms with Gasteiger partial charge in [-0.25, -0.2) is 4.79 Å². The van der Waals surface area contributed by atoms with Crippen molar-refractivity contribution in [1.82, 2.24) is 10.2 Å². The van der Waals surface area contributed by atoms with Gasteiger partial charge in [0.05, 0.1) is 0 Å². The smallest absolute Gasteiger partial charge is 0.325 e. The van der Waals surface area contributed by atoms with Gasteiger partial charge in [-0.3, -0.25) is 14.5 Å². The Bertz CT molecular complexity index is 874. The van der Waals surface area contributed by atoms with Crippen LogP contribution in [0.2, 0.25) is 0 Å². The third-order valence-corrected chi connectivity index (χ3v) is 4.62. The number of carbonyl (C=O) groups excluding carboxylic acids is 3. The Balaban J connectivity index is 1.83. The van der Waals surface area contributed by atoms with Crippen molar-refractivity contribution < 1.29 is 18.8 Å². The molecule has 142 valence electrons. The topological polar surface area (TPSA) is 82.9 Å². The molecule has 7 nitrogen and oxygen atoms in total. The minimum absolute atomic E-state index is 0.125. The van der Waals surface area contributed by atoms with Crippen molar-refractivity contribution in [1.29, 1.82) is 0 Å². The van der Waals surface area contributed by atoms with E-state index in [0.29, 0.717) is 17.2 Å². The first kappa shape index (κ1) is 18.7. The lowest BCUT2D eigenvalue weighted by Crippen LogP contribution is -2.46. The molecule has 2 heterocycles. The molecular formula is C20H23N3O4. The Kier molecular flexibility index (Phi) is 4.78. The first-order valence-electron chi connectivity index (χ1n) is 8.82. The van der Waals surface area contributed by atoms with Crippen LogP contribution in [0.15, 0.2) is 46.9 Å². The maximum absolute atomic E-state index is 12.9. The van der Waals surface area contributed by atoms with Crippen molar-refractivity contribution in [3.05, 3.63) is 54.0 Å². The number of furan rings is 1. The van der Waals surface area contributed by atoms with Crippen LogP contribution >= 0.6 is 0 Å². The highest BCUT2D eigenvalue weighted by molar-refractivity contribution is 6.10. The SMILES string of the molecule is Cc1ccc(C2(C)NC(=O)N(CC(=O)N(c3ccccc3)C(C)C)C2=O)o1. The summed E-state index contributed by atoms with van der Waals surface area (Å²) in [5.41, 5.74) is -0.602. The summed E-state index contributed by atoms with van der Waals surface area (Å²) in [6.07, 6.45) is 0. The number of amides is 4. The van der Waals surface area contributed by atoms with Gasteiger partial charge in [0.2, 0.25) is 5.91 Å². The molecule has 7 heteroatoms. The number of hydrogen-bond donors (Lipinski definition) is 1. The molecule has 1 fully saturated rings. The van der Waals surface area contributed by atoms with E-state index in [1.165, 1.54) is 0 Å². The van der Waals surface area contributed by atoms with Crippen LogP contribution in [0.1, 0.15) is 32.3 Å². The second kappa shape index (κ2) is 6.90. The largest absolute Gasteiger partial charge is 0.463 e. The molecule has 4 amide bonds. The maximum Gasteiger partial charge on any atom is 0.325 e. The Hall–Kier alpha value is -3.09. The summed E-state index contributed by atoms with van der Waals surface area (Å²) < 4.78 is 5.54. The van der Waals surface area contributed by atoms with Crippen molar-refractivity contribution in [2.75, 3.05) is 11.4 Å². The van der Waals surface area contributed by atoms with Crippen molar-refractivity contribution in [2.24, 2.45) is 0 Å². The number of rotatable bonds is 5. The van der Waals surface area contributed by atoms with Crippen LogP contribution in [-0.4, -0.2) is 35.3 Å². The number of imide groups is 1. The third-order valence-electron chi connectivity index (χ3n) is 4.62. The number of para-hydroxylation sites is 1. The average molecular weight is 369 g/mol. The molecule has 1 atom stereocenters. The number of benzene rings is 1. The van der Waals surface area contributed by atoms with E-state index >= 15 is 0 Å². The molecule has 0 spiro atoms. The van der Waals surface area contributed by atoms with Gasteiger partial charge in [-0.05, 0) is 52.0 Å². The minimum Gasteiger partial charge on any atom is -0.463 e. The summed E-state index contributed by atoms with van der Waals surface area (Å²) in [5.74, 6) is 0.140. The zero-order valence-corrected chi connectivity index (χ0v) is 15.9. The highest BCUT2D eigenvalue weighted by atomic mass is 16.3. The molecule has 0 aliphatic carbocycles. The second-order valence-corrected chi connectivity index (χ2v) is 7.05. The molecule has 27 heavy (non-hydrogen) atoms. The molecule has 1 N–H and O–H groups in total. The number of anilines is 1. The fourth-order valence-electron chi connectivity index (χ4n) is 3.24. The molecule has 1 saturated heterocycles. The van der Waals surface area contributed by atoms with Gasteiger partial charge >= 0.3 is 6.03 Å². The lowest BCUT2D eigenvalue weighted by atomic mass is 9.99. The zero-order valence-electron chi connectivity index (χ0n) is 15.9. The first-order valence-corrected chi connectivity index (χ1v) is 8.82. The van der Waals surface area contributed by atoms with E-state index in [0.717, 1.165) is 4.90 Å². The fourth-order valence-corrected chi connectivity index (χ4v) is 3.24. The molecule has 1 aliphatic rings. The molecule has 0 saturated carbocycles. The Morgan fingerprint density at radius 3 is 2.41 bits per heavy atom. The highest BCUT2D eigenvalue weighted by Gasteiger charge is 2.51. The predicted octanol–water partition coefficient (Wildman–Crippen LogP) is 2.80. The van der Waals surface area contributed by atoms with Crippen molar-refractivity contribution in [3.63, 3.8) is 0 Å². The average Bonchev–Trinajstić information content (AvgIpc) is 3.14. The first-order chi connectivity index (χ1) is 12.7. The van der Waals surface area contributed by atoms with E-state index in [2.05, 4.69) is 5.32 Å². The summed E-state index contributed by atoms with van der Waals surface area (Å²) in [7, 11) is 0. The minimum atomic E-state index is -1.32. The van der Waals surface area contributed by atoms with Gasteiger partial charge < -0.3 is 14.6 Å². The molecule has 1 aromatic carbocycles. The van der Waals surface area contributed by atoms with E-state index in [1.807, 2.05) is 44.2 Å². The molecular weight excluding hydrogens is 346 g/mol. The number of aryl methyl sites for hydroxylation is 1. The van der Waals surface area contributed by atoms with Gasteiger partial charge in [0.15, 0.2) is 5.54 Å². The summed E-state index contributed by atoms with van der Waals surface area (Å²) in [6, 6.07) is 11.8. The van der Waals surface area contributed by atoms with Crippen molar-refractivity contribution in [3.8, 4) is 0 Å². The van der Waals surface area contributed by atoms with E-state index in [1.54, 1.807) is 30.9 Å². The van der Waals surface area contributed by atoms with Gasteiger partial charge in [-0.2, -0.15) is 0 Å².